The zero-order valence-electron chi connectivity index (χ0n) is 17.9. The van der Waals surface area contributed by atoms with Crippen LogP contribution in [0.5, 0.6) is 0 Å². The molecule has 0 unspecified atom stereocenters. The zero-order valence-corrected chi connectivity index (χ0v) is 18.7. The third-order valence-corrected chi connectivity index (χ3v) is 7.61. The molecule has 1 fully saturated rings. The number of fused-ring (bicyclic) bond motifs is 1. The monoisotopic (exact) mass is 453 g/mol. The highest BCUT2D eigenvalue weighted by molar-refractivity contribution is 7.89. The Hall–Kier alpha value is -2.74. The van der Waals surface area contributed by atoms with Gasteiger partial charge < -0.3 is 9.47 Å². The molecule has 0 radical (unpaired) electrons. The van der Waals surface area contributed by atoms with E-state index in [-0.39, 0.29) is 23.9 Å². The highest BCUT2D eigenvalue weighted by atomic mass is 32.2. The second-order valence-corrected chi connectivity index (χ2v) is 9.73. The summed E-state index contributed by atoms with van der Waals surface area (Å²) in [5.41, 5.74) is 1.67. The number of rotatable bonds is 8. The highest BCUT2D eigenvalue weighted by Crippen LogP contribution is 2.22. The van der Waals surface area contributed by atoms with Gasteiger partial charge in [0.25, 0.3) is 0 Å². The summed E-state index contributed by atoms with van der Waals surface area (Å²) in [5.74, 6) is -0.329. The van der Waals surface area contributed by atoms with Gasteiger partial charge in [-0.2, -0.15) is 4.31 Å². The van der Waals surface area contributed by atoms with Crippen molar-refractivity contribution in [1.29, 1.82) is 0 Å². The summed E-state index contributed by atoms with van der Waals surface area (Å²) in [5, 5.41) is 2.38. The minimum Gasteiger partial charge on any atom is -0.461 e. The Labute approximate surface area is 188 Å². The number of aryl methyl sites for hydroxylation is 1. The maximum Gasteiger partial charge on any atom is 0.306 e. The number of benzene rings is 3. The van der Waals surface area contributed by atoms with E-state index in [1.807, 2.05) is 12.1 Å². The molecule has 1 aliphatic rings. The number of sulfonamides is 1. The molecule has 0 atom stereocenters. The molecule has 1 heterocycles. The van der Waals surface area contributed by atoms with Gasteiger partial charge in [-0.3, -0.25) is 4.79 Å². The molecule has 6 nitrogen and oxygen atoms in total. The predicted octanol–water partition coefficient (Wildman–Crippen LogP) is 3.93. The maximum atomic E-state index is 13.0. The topological polar surface area (TPSA) is 72.9 Å². The number of nitrogens with zero attached hydrogens (tertiary/aromatic N) is 1. The summed E-state index contributed by atoms with van der Waals surface area (Å²) < 4.78 is 38.1. The van der Waals surface area contributed by atoms with Crippen molar-refractivity contribution >= 4 is 26.8 Å². The molecule has 0 aliphatic carbocycles. The molecular formula is C25H27NO5S. The quantitative estimate of drug-likeness (QED) is 0.483. The number of morpholine rings is 1. The van der Waals surface area contributed by atoms with Gasteiger partial charge in [-0.15, -0.1) is 0 Å². The van der Waals surface area contributed by atoms with Crippen LogP contribution >= 0.6 is 0 Å². The molecule has 168 valence electrons. The fourth-order valence-electron chi connectivity index (χ4n) is 3.86. The number of ether oxygens (including phenoxy) is 2. The van der Waals surface area contributed by atoms with Crippen molar-refractivity contribution < 1.29 is 22.7 Å². The maximum absolute atomic E-state index is 13.0. The predicted molar refractivity (Wildman–Crippen MR) is 123 cm³/mol. The van der Waals surface area contributed by atoms with Crippen LogP contribution in [0.4, 0.5) is 0 Å². The summed E-state index contributed by atoms with van der Waals surface area (Å²) in [6.45, 7) is 1.35. The standard InChI is InChI=1S/C25H27NO5S/c27-25(11-5-6-20-12-13-21-7-1-2-8-22(21)18-20)31-19-23-9-3-4-10-24(23)32(28,29)26-14-16-30-17-15-26/h1-4,7-10,12-13,18H,5-6,11,14-17,19H2. The first kappa shape index (κ1) is 22.5. The van der Waals surface area contributed by atoms with Crippen LogP contribution in [0.15, 0.2) is 71.6 Å². The Bertz CT molecular complexity index is 1190. The first-order valence-electron chi connectivity index (χ1n) is 10.8. The minimum atomic E-state index is -3.65. The van der Waals surface area contributed by atoms with E-state index < -0.39 is 10.0 Å². The fraction of sp³-hybridized carbons (Fsp3) is 0.320. The molecule has 3 aromatic carbocycles. The molecule has 32 heavy (non-hydrogen) atoms. The van der Waals surface area contributed by atoms with Crippen molar-refractivity contribution in [3.05, 3.63) is 77.9 Å². The first-order chi connectivity index (χ1) is 15.5. The van der Waals surface area contributed by atoms with Crippen molar-refractivity contribution in [1.82, 2.24) is 4.31 Å². The van der Waals surface area contributed by atoms with Crippen molar-refractivity contribution in [2.45, 2.75) is 30.8 Å². The van der Waals surface area contributed by atoms with Crippen molar-refractivity contribution in [2.24, 2.45) is 0 Å². The smallest absolute Gasteiger partial charge is 0.306 e. The Morgan fingerprint density at radius 2 is 1.66 bits per heavy atom. The molecule has 0 N–H and O–H groups in total. The molecule has 0 amide bonds. The number of hydrogen-bond acceptors (Lipinski definition) is 5. The second-order valence-electron chi connectivity index (χ2n) is 7.82. The van der Waals surface area contributed by atoms with E-state index in [0.29, 0.717) is 38.3 Å². The third kappa shape index (κ3) is 5.35. The minimum absolute atomic E-state index is 0.0610. The van der Waals surface area contributed by atoms with Gasteiger partial charge in [0.1, 0.15) is 6.61 Å². The number of hydrogen-bond donors (Lipinski definition) is 0. The molecular weight excluding hydrogens is 426 g/mol. The van der Waals surface area contributed by atoms with Gasteiger partial charge in [0, 0.05) is 25.1 Å². The zero-order chi connectivity index (χ0) is 22.4. The van der Waals surface area contributed by atoms with Gasteiger partial charge in [0.15, 0.2) is 0 Å². The average molecular weight is 454 g/mol. The first-order valence-corrected chi connectivity index (χ1v) is 12.3. The SMILES string of the molecule is O=C(CCCc1ccc2ccccc2c1)OCc1ccccc1S(=O)(=O)N1CCOCC1. The van der Waals surface area contributed by atoms with E-state index in [1.54, 1.807) is 24.3 Å². The Morgan fingerprint density at radius 3 is 2.47 bits per heavy atom. The molecule has 1 aliphatic heterocycles. The number of carbonyl (C=O) groups excluding carboxylic acids is 1. The molecule has 4 rings (SSSR count). The summed E-state index contributed by atoms with van der Waals surface area (Å²) in [6, 6.07) is 21.2. The number of esters is 1. The fourth-order valence-corrected chi connectivity index (χ4v) is 5.48. The van der Waals surface area contributed by atoms with Gasteiger partial charge in [-0.05, 0) is 35.2 Å². The van der Waals surface area contributed by atoms with Crippen LogP contribution in [-0.4, -0.2) is 45.0 Å². The molecule has 0 bridgehead atoms. The van der Waals surface area contributed by atoms with Gasteiger partial charge in [-0.25, -0.2) is 8.42 Å². The lowest BCUT2D eigenvalue weighted by molar-refractivity contribution is -0.145. The number of carbonyl (C=O) groups is 1. The Kier molecular flexibility index (Phi) is 7.19. The Balaban J connectivity index is 1.32. The van der Waals surface area contributed by atoms with Crippen LogP contribution in [0.1, 0.15) is 24.0 Å². The van der Waals surface area contributed by atoms with Gasteiger partial charge in [0.05, 0.1) is 18.1 Å². The average Bonchev–Trinajstić information content (AvgIpc) is 2.83. The van der Waals surface area contributed by atoms with E-state index >= 15 is 0 Å². The van der Waals surface area contributed by atoms with Gasteiger partial charge >= 0.3 is 5.97 Å². The molecule has 3 aromatic rings. The lowest BCUT2D eigenvalue weighted by Gasteiger charge is -2.26. The van der Waals surface area contributed by atoms with Crippen LogP contribution in [0, 0.1) is 0 Å². The van der Waals surface area contributed by atoms with Gasteiger partial charge in [-0.1, -0.05) is 60.7 Å². The lowest BCUT2D eigenvalue weighted by atomic mass is 10.0. The van der Waals surface area contributed by atoms with E-state index in [2.05, 4.69) is 30.3 Å². The van der Waals surface area contributed by atoms with Crippen molar-refractivity contribution in [3.63, 3.8) is 0 Å². The van der Waals surface area contributed by atoms with Crippen LogP contribution < -0.4 is 0 Å². The van der Waals surface area contributed by atoms with E-state index in [9.17, 15) is 13.2 Å². The lowest BCUT2D eigenvalue weighted by Crippen LogP contribution is -2.40. The molecule has 7 heteroatoms. The summed E-state index contributed by atoms with van der Waals surface area (Å²) in [6.07, 6.45) is 1.73. The van der Waals surface area contributed by atoms with Crippen LogP contribution in [0.2, 0.25) is 0 Å². The van der Waals surface area contributed by atoms with Crippen LogP contribution in [0.25, 0.3) is 10.8 Å². The third-order valence-electron chi connectivity index (χ3n) is 5.61. The summed E-state index contributed by atoms with van der Waals surface area (Å²) in [7, 11) is -3.65. The molecule has 0 saturated carbocycles. The second kappa shape index (κ2) is 10.3. The van der Waals surface area contributed by atoms with Gasteiger partial charge in [0.2, 0.25) is 10.0 Å². The molecule has 1 saturated heterocycles. The molecule has 0 aromatic heterocycles. The van der Waals surface area contributed by atoms with Crippen LogP contribution in [-0.2, 0) is 37.3 Å². The van der Waals surface area contributed by atoms with E-state index in [4.69, 9.17) is 9.47 Å². The van der Waals surface area contributed by atoms with E-state index in [0.717, 1.165) is 6.42 Å². The summed E-state index contributed by atoms with van der Waals surface area (Å²) >= 11 is 0. The van der Waals surface area contributed by atoms with Crippen molar-refractivity contribution in [2.75, 3.05) is 26.3 Å². The van der Waals surface area contributed by atoms with Crippen LogP contribution in [0.3, 0.4) is 0 Å². The highest BCUT2D eigenvalue weighted by Gasteiger charge is 2.28. The Morgan fingerprint density at radius 1 is 0.938 bits per heavy atom. The van der Waals surface area contributed by atoms with E-state index in [1.165, 1.54) is 20.6 Å². The largest absolute Gasteiger partial charge is 0.461 e. The van der Waals surface area contributed by atoms with Crippen molar-refractivity contribution in [3.8, 4) is 0 Å². The molecule has 0 spiro atoms. The normalized spacial score (nSPS) is 15.0. The summed E-state index contributed by atoms with van der Waals surface area (Å²) in [4.78, 5) is 12.5.